The lowest BCUT2D eigenvalue weighted by atomic mass is 9.98. The fourth-order valence-corrected chi connectivity index (χ4v) is 2.10. The highest BCUT2D eigenvalue weighted by Crippen LogP contribution is 2.38. The third-order valence-electron chi connectivity index (χ3n) is 3.11. The van der Waals surface area contributed by atoms with E-state index >= 15 is 0 Å². The van der Waals surface area contributed by atoms with Crippen LogP contribution in [0, 0.1) is 5.92 Å². The van der Waals surface area contributed by atoms with Crippen molar-refractivity contribution < 1.29 is 19.0 Å². The van der Waals surface area contributed by atoms with E-state index in [2.05, 4.69) is 9.98 Å². The van der Waals surface area contributed by atoms with Crippen molar-refractivity contribution in [3.63, 3.8) is 0 Å². The maximum Gasteiger partial charge on any atom is 0.257 e. The molecule has 0 aromatic heterocycles. The van der Waals surface area contributed by atoms with Crippen molar-refractivity contribution in [2.45, 2.75) is 6.42 Å². The number of aliphatic imine (C=N–C) groups is 2. The van der Waals surface area contributed by atoms with Gasteiger partial charge in [0.05, 0.1) is 27.2 Å². The Balaban J connectivity index is 2.29. The number of rotatable bonds is 5. The van der Waals surface area contributed by atoms with Crippen LogP contribution in [-0.2, 0) is 11.2 Å². The minimum atomic E-state index is -0.444. The first kappa shape index (κ1) is 14.8. The Hall–Kier alpha value is -2.57. The molecule has 1 unspecified atom stereocenters. The highest BCUT2D eigenvalue weighted by Gasteiger charge is 2.22. The van der Waals surface area contributed by atoms with Gasteiger partial charge in [-0.15, -0.1) is 0 Å². The summed E-state index contributed by atoms with van der Waals surface area (Å²) in [4.78, 5) is 19.3. The van der Waals surface area contributed by atoms with Crippen LogP contribution in [0.2, 0.25) is 0 Å². The third-order valence-corrected chi connectivity index (χ3v) is 3.11. The Bertz CT molecular complexity index is 585. The number of amides is 1. The van der Waals surface area contributed by atoms with Crippen LogP contribution in [0.5, 0.6) is 17.2 Å². The summed E-state index contributed by atoms with van der Waals surface area (Å²) in [6.45, 7) is 0. The van der Waals surface area contributed by atoms with Crippen LogP contribution in [0.3, 0.4) is 0 Å². The number of benzene rings is 1. The van der Waals surface area contributed by atoms with Crippen molar-refractivity contribution in [2.24, 2.45) is 21.6 Å². The van der Waals surface area contributed by atoms with Gasteiger partial charge in [-0.05, 0) is 24.1 Å². The van der Waals surface area contributed by atoms with Crippen LogP contribution in [0.4, 0.5) is 0 Å². The predicted molar refractivity (Wildman–Crippen MR) is 78.4 cm³/mol. The number of methoxy groups -OCH3 is 3. The number of hydrogen-bond acceptors (Lipinski definition) is 6. The summed E-state index contributed by atoms with van der Waals surface area (Å²) >= 11 is 0. The Morgan fingerprint density at radius 3 is 2.24 bits per heavy atom. The molecule has 7 nitrogen and oxygen atoms in total. The van der Waals surface area contributed by atoms with Crippen LogP contribution in [0.25, 0.3) is 0 Å². The molecule has 2 rings (SSSR count). The van der Waals surface area contributed by atoms with E-state index in [9.17, 15) is 4.79 Å². The highest BCUT2D eigenvalue weighted by molar-refractivity contribution is 6.07. The molecule has 1 aromatic rings. The summed E-state index contributed by atoms with van der Waals surface area (Å²) in [5.41, 5.74) is 6.24. The van der Waals surface area contributed by atoms with Gasteiger partial charge < -0.3 is 19.9 Å². The lowest BCUT2D eigenvalue weighted by Gasteiger charge is -2.16. The molecule has 1 heterocycles. The molecular formula is C14H17N3O4. The molecule has 112 valence electrons. The number of hydrogen-bond donors (Lipinski definition) is 1. The van der Waals surface area contributed by atoms with Gasteiger partial charge in [-0.2, -0.15) is 4.99 Å². The van der Waals surface area contributed by atoms with Crippen molar-refractivity contribution in [1.29, 1.82) is 0 Å². The molecule has 1 atom stereocenters. The first-order chi connectivity index (χ1) is 10.1. The van der Waals surface area contributed by atoms with Crippen molar-refractivity contribution in [2.75, 3.05) is 21.3 Å². The van der Waals surface area contributed by atoms with Gasteiger partial charge in [0.1, 0.15) is 0 Å². The van der Waals surface area contributed by atoms with Gasteiger partial charge in [-0.25, -0.2) is 4.99 Å². The van der Waals surface area contributed by atoms with E-state index < -0.39 is 5.92 Å². The van der Waals surface area contributed by atoms with E-state index in [4.69, 9.17) is 19.9 Å². The highest BCUT2D eigenvalue weighted by atomic mass is 16.5. The van der Waals surface area contributed by atoms with Gasteiger partial charge in [-0.1, -0.05) is 0 Å². The number of guanidine groups is 1. The number of nitrogens with two attached hydrogens (primary N) is 1. The largest absolute Gasteiger partial charge is 0.493 e. The van der Waals surface area contributed by atoms with E-state index in [-0.39, 0.29) is 11.9 Å². The van der Waals surface area contributed by atoms with Gasteiger partial charge in [0.2, 0.25) is 11.7 Å². The maximum absolute atomic E-state index is 11.8. The summed E-state index contributed by atoms with van der Waals surface area (Å²) < 4.78 is 15.8. The summed E-state index contributed by atoms with van der Waals surface area (Å²) in [5.74, 6) is 0.817. The quantitative estimate of drug-likeness (QED) is 0.865. The lowest BCUT2D eigenvalue weighted by Crippen LogP contribution is -2.26. The normalized spacial score (nSPS) is 17.4. The molecule has 2 N–H and O–H groups in total. The number of ether oxygens (including phenoxy) is 3. The van der Waals surface area contributed by atoms with E-state index in [1.54, 1.807) is 26.4 Å². The molecule has 7 heteroatoms. The number of carbonyl (C=O) groups is 1. The molecule has 1 aliphatic heterocycles. The average Bonchev–Trinajstić information content (AvgIpc) is 2.49. The molecule has 0 saturated carbocycles. The molecule has 0 aliphatic carbocycles. The minimum absolute atomic E-state index is 0.0128. The van der Waals surface area contributed by atoms with E-state index in [0.29, 0.717) is 23.7 Å². The first-order valence-electron chi connectivity index (χ1n) is 6.30. The standard InChI is InChI=1S/C14H17N3O4/c1-19-10-5-8(6-11(20-2)12(10)21-3)4-9-7-16-14(15)17-13(9)18/h5-7,9H,4H2,1-3H3,(H2,15,17,18). The number of carbonyl (C=O) groups excluding carboxylic acids is 1. The van der Waals surface area contributed by atoms with Crippen LogP contribution >= 0.6 is 0 Å². The average molecular weight is 291 g/mol. The zero-order valence-electron chi connectivity index (χ0n) is 12.1. The van der Waals surface area contributed by atoms with E-state index in [1.165, 1.54) is 13.3 Å². The van der Waals surface area contributed by atoms with Gasteiger partial charge >= 0.3 is 0 Å². The second kappa shape index (κ2) is 6.25. The molecule has 1 aromatic carbocycles. The number of nitrogens with zero attached hydrogens (tertiary/aromatic N) is 2. The Labute approximate surface area is 122 Å². The van der Waals surface area contributed by atoms with Crippen LogP contribution in [0.1, 0.15) is 5.56 Å². The Morgan fingerprint density at radius 2 is 1.76 bits per heavy atom. The molecule has 0 spiro atoms. The maximum atomic E-state index is 11.8. The summed E-state index contributed by atoms with van der Waals surface area (Å²) in [6.07, 6.45) is 1.93. The van der Waals surface area contributed by atoms with Crippen LogP contribution in [-0.4, -0.2) is 39.4 Å². The van der Waals surface area contributed by atoms with Crippen molar-refractivity contribution in [1.82, 2.24) is 0 Å². The van der Waals surface area contributed by atoms with Gasteiger partial charge in [0, 0.05) is 6.21 Å². The summed E-state index contributed by atoms with van der Waals surface area (Å²) in [5, 5.41) is 0. The molecular weight excluding hydrogens is 274 g/mol. The van der Waals surface area contributed by atoms with E-state index in [1.807, 2.05) is 0 Å². The fraction of sp³-hybridized carbons (Fsp3) is 0.357. The molecule has 21 heavy (non-hydrogen) atoms. The van der Waals surface area contributed by atoms with Crippen LogP contribution in [0.15, 0.2) is 22.1 Å². The molecule has 0 fully saturated rings. The molecule has 0 radical (unpaired) electrons. The third kappa shape index (κ3) is 3.13. The second-order valence-electron chi connectivity index (χ2n) is 4.43. The predicted octanol–water partition coefficient (Wildman–Crippen LogP) is 0.797. The summed E-state index contributed by atoms with van der Waals surface area (Å²) in [6, 6.07) is 3.59. The summed E-state index contributed by atoms with van der Waals surface area (Å²) in [7, 11) is 4.62. The molecule has 0 saturated heterocycles. The minimum Gasteiger partial charge on any atom is -0.493 e. The zero-order chi connectivity index (χ0) is 15.4. The zero-order valence-corrected chi connectivity index (χ0v) is 12.1. The second-order valence-corrected chi connectivity index (χ2v) is 4.43. The Kier molecular flexibility index (Phi) is 4.42. The van der Waals surface area contributed by atoms with Crippen LogP contribution < -0.4 is 19.9 Å². The topological polar surface area (TPSA) is 95.5 Å². The van der Waals surface area contributed by atoms with Crippen molar-refractivity contribution >= 4 is 18.1 Å². The molecule has 1 amide bonds. The van der Waals surface area contributed by atoms with E-state index in [0.717, 1.165) is 5.56 Å². The fourth-order valence-electron chi connectivity index (χ4n) is 2.10. The van der Waals surface area contributed by atoms with Gasteiger partial charge in [0.25, 0.3) is 5.91 Å². The molecule has 1 aliphatic rings. The lowest BCUT2D eigenvalue weighted by molar-refractivity contribution is -0.119. The van der Waals surface area contributed by atoms with Crippen molar-refractivity contribution in [3.05, 3.63) is 17.7 Å². The van der Waals surface area contributed by atoms with Gasteiger partial charge in [0.15, 0.2) is 11.5 Å². The van der Waals surface area contributed by atoms with Crippen molar-refractivity contribution in [3.8, 4) is 17.2 Å². The molecule has 0 bridgehead atoms. The smallest absolute Gasteiger partial charge is 0.257 e. The Morgan fingerprint density at radius 1 is 1.14 bits per heavy atom. The van der Waals surface area contributed by atoms with Gasteiger partial charge in [-0.3, -0.25) is 4.79 Å². The first-order valence-corrected chi connectivity index (χ1v) is 6.30. The SMILES string of the molecule is COc1cc(CC2C=NC(N)=NC2=O)cc(OC)c1OC. The monoisotopic (exact) mass is 291 g/mol.